The van der Waals surface area contributed by atoms with Gasteiger partial charge in [0.05, 0.1) is 0 Å². The minimum atomic E-state index is -2.30. The largest absolute Gasteiger partial charge is 0.242 e. The van der Waals surface area contributed by atoms with Gasteiger partial charge in [0, 0.05) is 11.4 Å². The third-order valence-corrected chi connectivity index (χ3v) is 1.51. The molecule has 0 spiro atoms. The predicted molar refractivity (Wildman–Crippen MR) is 41.2 cm³/mol. The van der Waals surface area contributed by atoms with E-state index in [0.717, 1.165) is 0 Å². The smallest absolute Gasteiger partial charge is 0.210 e. The standard InChI is InChI=1S/C8H7ClF2/c9-7-3-1-2-6(4-7)5-8(10)11/h1-4,8H,5H2. The number of halogens is 3. The van der Waals surface area contributed by atoms with Crippen LogP contribution >= 0.6 is 11.6 Å². The van der Waals surface area contributed by atoms with Crippen LogP contribution in [0.3, 0.4) is 0 Å². The minimum Gasteiger partial charge on any atom is -0.210 e. The molecule has 0 aliphatic heterocycles. The SMILES string of the molecule is FC(F)Cc1cccc(Cl)c1. The second-order valence-corrected chi connectivity index (χ2v) is 2.66. The Hall–Kier alpha value is -0.630. The van der Waals surface area contributed by atoms with E-state index in [0.29, 0.717) is 10.6 Å². The number of hydrogen-bond acceptors (Lipinski definition) is 0. The van der Waals surface area contributed by atoms with E-state index in [1.807, 2.05) is 0 Å². The molecule has 0 saturated carbocycles. The summed E-state index contributed by atoms with van der Waals surface area (Å²) in [5.74, 6) is 0. The zero-order chi connectivity index (χ0) is 8.27. The van der Waals surface area contributed by atoms with Crippen molar-refractivity contribution in [3.63, 3.8) is 0 Å². The van der Waals surface area contributed by atoms with E-state index in [2.05, 4.69) is 0 Å². The molecule has 0 N–H and O–H groups in total. The number of hydrogen-bond donors (Lipinski definition) is 0. The van der Waals surface area contributed by atoms with Crippen LogP contribution < -0.4 is 0 Å². The lowest BCUT2D eigenvalue weighted by atomic mass is 10.2. The number of alkyl halides is 2. The molecule has 0 saturated heterocycles. The van der Waals surface area contributed by atoms with Crippen molar-refractivity contribution in [2.24, 2.45) is 0 Å². The van der Waals surface area contributed by atoms with Gasteiger partial charge in [-0.1, -0.05) is 23.7 Å². The van der Waals surface area contributed by atoms with Crippen LogP contribution in [0.15, 0.2) is 24.3 Å². The zero-order valence-corrected chi connectivity index (χ0v) is 6.48. The molecular weight excluding hydrogens is 170 g/mol. The molecular formula is C8H7ClF2. The lowest BCUT2D eigenvalue weighted by molar-refractivity contribution is 0.149. The highest BCUT2D eigenvalue weighted by molar-refractivity contribution is 6.30. The summed E-state index contributed by atoms with van der Waals surface area (Å²) in [5, 5.41) is 0.503. The van der Waals surface area contributed by atoms with Crippen LogP contribution in [-0.4, -0.2) is 6.43 Å². The van der Waals surface area contributed by atoms with Crippen LogP contribution in [0.4, 0.5) is 8.78 Å². The van der Waals surface area contributed by atoms with Crippen LogP contribution in [0, 0.1) is 0 Å². The number of rotatable bonds is 2. The van der Waals surface area contributed by atoms with Gasteiger partial charge in [0.1, 0.15) is 0 Å². The molecule has 1 aromatic carbocycles. The van der Waals surface area contributed by atoms with Crippen LogP contribution in [0.1, 0.15) is 5.56 Å². The van der Waals surface area contributed by atoms with Crippen LogP contribution in [0.2, 0.25) is 5.02 Å². The molecule has 0 atom stereocenters. The molecule has 60 valence electrons. The van der Waals surface area contributed by atoms with Crippen molar-refractivity contribution < 1.29 is 8.78 Å². The predicted octanol–water partition coefficient (Wildman–Crippen LogP) is 3.15. The molecule has 0 nitrogen and oxygen atoms in total. The Balaban J connectivity index is 2.71. The van der Waals surface area contributed by atoms with Gasteiger partial charge < -0.3 is 0 Å². The Kier molecular flexibility index (Phi) is 2.83. The first-order valence-electron chi connectivity index (χ1n) is 3.21. The molecule has 0 heterocycles. The fourth-order valence-electron chi connectivity index (χ4n) is 0.842. The summed E-state index contributed by atoms with van der Waals surface area (Å²) >= 11 is 5.58. The second-order valence-electron chi connectivity index (χ2n) is 2.23. The molecule has 1 rings (SSSR count). The first kappa shape index (κ1) is 8.47. The van der Waals surface area contributed by atoms with E-state index in [4.69, 9.17) is 11.6 Å². The Morgan fingerprint density at radius 1 is 1.36 bits per heavy atom. The fraction of sp³-hybridized carbons (Fsp3) is 0.250. The quantitative estimate of drug-likeness (QED) is 0.650. The Morgan fingerprint density at radius 2 is 2.09 bits per heavy atom. The van der Waals surface area contributed by atoms with E-state index in [-0.39, 0.29) is 6.42 Å². The summed E-state index contributed by atoms with van der Waals surface area (Å²) < 4.78 is 23.6. The molecule has 0 aliphatic rings. The van der Waals surface area contributed by atoms with Crippen LogP contribution in [0.25, 0.3) is 0 Å². The minimum absolute atomic E-state index is 0.222. The average molecular weight is 177 g/mol. The average Bonchev–Trinajstić information content (AvgIpc) is 1.85. The summed E-state index contributed by atoms with van der Waals surface area (Å²) in [4.78, 5) is 0. The van der Waals surface area contributed by atoms with Gasteiger partial charge in [-0.25, -0.2) is 8.78 Å². The summed E-state index contributed by atoms with van der Waals surface area (Å²) in [5.41, 5.74) is 0.576. The Bertz CT molecular complexity index is 235. The maximum atomic E-state index is 11.8. The van der Waals surface area contributed by atoms with Gasteiger partial charge in [-0.15, -0.1) is 0 Å². The van der Waals surface area contributed by atoms with Crippen molar-refractivity contribution in [1.29, 1.82) is 0 Å². The van der Waals surface area contributed by atoms with Gasteiger partial charge in [-0.05, 0) is 17.7 Å². The highest BCUT2D eigenvalue weighted by Gasteiger charge is 2.03. The maximum absolute atomic E-state index is 11.8. The molecule has 0 fully saturated rings. The van der Waals surface area contributed by atoms with Gasteiger partial charge >= 0.3 is 0 Å². The van der Waals surface area contributed by atoms with Crippen molar-refractivity contribution in [2.75, 3.05) is 0 Å². The first-order valence-corrected chi connectivity index (χ1v) is 3.59. The van der Waals surface area contributed by atoms with E-state index < -0.39 is 6.43 Å². The summed E-state index contributed by atoms with van der Waals surface area (Å²) in [6, 6.07) is 6.52. The topological polar surface area (TPSA) is 0 Å². The molecule has 0 bridgehead atoms. The van der Waals surface area contributed by atoms with Gasteiger partial charge in [0.25, 0.3) is 0 Å². The molecule has 0 aliphatic carbocycles. The van der Waals surface area contributed by atoms with Crippen molar-refractivity contribution in [1.82, 2.24) is 0 Å². The van der Waals surface area contributed by atoms with Crippen molar-refractivity contribution in [2.45, 2.75) is 12.8 Å². The lowest BCUT2D eigenvalue weighted by Crippen LogP contribution is -1.95. The monoisotopic (exact) mass is 176 g/mol. The molecule has 0 amide bonds. The summed E-state index contributed by atoms with van der Waals surface area (Å²) in [6.45, 7) is 0. The number of benzene rings is 1. The molecule has 0 radical (unpaired) electrons. The van der Waals surface area contributed by atoms with Gasteiger partial charge in [-0.2, -0.15) is 0 Å². The Labute approximate surface area is 68.8 Å². The third kappa shape index (κ3) is 2.85. The van der Waals surface area contributed by atoms with Crippen molar-refractivity contribution >= 4 is 11.6 Å². The molecule has 3 heteroatoms. The highest BCUT2D eigenvalue weighted by Crippen LogP contribution is 2.13. The lowest BCUT2D eigenvalue weighted by Gasteiger charge is -1.99. The van der Waals surface area contributed by atoms with Crippen molar-refractivity contribution in [3.8, 4) is 0 Å². The van der Waals surface area contributed by atoms with Crippen LogP contribution in [-0.2, 0) is 6.42 Å². The van der Waals surface area contributed by atoms with Gasteiger partial charge in [-0.3, -0.25) is 0 Å². The Morgan fingerprint density at radius 3 is 2.64 bits per heavy atom. The van der Waals surface area contributed by atoms with Crippen molar-refractivity contribution in [3.05, 3.63) is 34.9 Å². The fourth-order valence-corrected chi connectivity index (χ4v) is 1.05. The third-order valence-electron chi connectivity index (χ3n) is 1.28. The van der Waals surface area contributed by atoms with Gasteiger partial charge in [0.15, 0.2) is 0 Å². The second kappa shape index (κ2) is 3.67. The van der Waals surface area contributed by atoms with E-state index >= 15 is 0 Å². The summed E-state index contributed by atoms with van der Waals surface area (Å²) in [7, 11) is 0. The van der Waals surface area contributed by atoms with Crippen LogP contribution in [0.5, 0.6) is 0 Å². The molecule has 1 aromatic rings. The normalized spacial score (nSPS) is 10.5. The summed E-state index contributed by atoms with van der Waals surface area (Å²) in [6.07, 6.45) is -2.52. The zero-order valence-electron chi connectivity index (χ0n) is 5.73. The molecule has 0 unspecified atom stereocenters. The first-order chi connectivity index (χ1) is 5.18. The molecule has 11 heavy (non-hydrogen) atoms. The van der Waals surface area contributed by atoms with E-state index in [1.165, 1.54) is 0 Å². The van der Waals surface area contributed by atoms with E-state index in [9.17, 15) is 8.78 Å². The van der Waals surface area contributed by atoms with Gasteiger partial charge in [0.2, 0.25) is 6.43 Å². The molecule has 0 aromatic heterocycles. The van der Waals surface area contributed by atoms with E-state index in [1.54, 1.807) is 24.3 Å². The highest BCUT2D eigenvalue weighted by atomic mass is 35.5. The maximum Gasteiger partial charge on any atom is 0.242 e.